The van der Waals surface area contributed by atoms with Gasteiger partial charge in [-0.2, -0.15) is 5.10 Å². The van der Waals surface area contributed by atoms with E-state index in [1.807, 2.05) is 35.1 Å². The van der Waals surface area contributed by atoms with Gasteiger partial charge in [-0.15, -0.1) is 0 Å². The maximum absolute atomic E-state index is 12.1. The van der Waals surface area contributed by atoms with Gasteiger partial charge in [-0.05, 0) is 18.2 Å². The largest absolute Gasteiger partial charge is 0.285 e. The number of aromatic nitrogens is 3. The Morgan fingerprint density at radius 2 is 1.79 bits per heavy atom. The lowest BCUT2D eigenvalue weighted by atomic mass is 10.1. The van der Waals surface area contributed by atoms with Gasteiger partial charge in [0.05, 0.1) is 11.9 Å². The van der Waals surface area contributed by atoms with Gasteiger partial charge >= 0.3 is 0 Å². The Kier molecular flexibility index (Phi) is 4.13. The Labute approximate surface area is 139 Å². The second-order valence-electron chi connectivity index (χ2n) is 5.08. The van der Waals surface area contributed by atoms with Crippen LogP contribution in [-0.4, -0.2) is 35.3 Å². The number of rotatable bonds is 4. The molecule has 1 amide bonds. The van der Waals surface area contributed by atoms with Crippen molar-refractivity contribution in [1.29, 1.82) is 0 Å². The normalized spacial score (nSPS) is 11.2. The molecule has 0 saturated heterocycles. The minimum atomic E-state index is -3.67. The maximum atomic E-state index is 12.1. The molecule has 0 unspecified atom stereocenters. The molecule has 0 atom stereocenters. The van der Waals surface area contributed by atoms with Crippen LogP contribution in [0.25, 0.3) is 17.1 Å². The highest BCUT2D eigenvalue weighted by molar-refractivity contribution is 7.89. The van der Waals surface area contributed by atoms with Gasteiger partial charge in [0.25, 0.3) is 5.91 Å². The molecule has 0 aliphatic carbocycles. The summed E-state index contributed by atoms with van der Waals surface area (Å²) in [4.78, 5) is 16.3. The molecule has 0 fully saturated rings. The number of carbonyl (C=O) groups is 1. The van der Waals surface area contributed by atoms with E-state index in [2.05, 4.69) is 10.1 Å². The summed E-state index contributed by atoms with van der Waals surface area (Å²) in [6.45, 7) is 0. The predicted molar refractivity (Wildman–Crippen MR) is 89.1 cm³/mol. The lowest BCUT2D eigenvalue weighted by molar-refractivity contribution is 0.0976. The molecule has 7 nitrogen and oxygen atoms in total. The summed E-state index contributed by atoms with van der Waals surface area (Å²) in [5, 5.41) is 4.22. The minimum Gasteiger partial charge on any atom is -0.266 e. The van der Waals surface area contributed by atoms with Crippen LogP contribution < -0.4 is 4.72 Å². The first kappa shape index (κ1) is 15.9. The smallest absolute Gasteiger partial charge is 0.266 e. The van der Waals surface area contributed by atoms with Crippen LogP contribution >= 0.6 is 0 Å². The fraction of sp³-hybridized carbons (Fsp3) is 0.0625. The summed E-state index contributed by atoms with van der Waals surface area (Å²) in [5.74, 6) is -0.265. The number of nitrogens with one attached hydrogen (secondary N) is 1. The lowest BCUT2D eigenvalue weighted by Gasteiger charge is -2.05. The summed E-state index contributed by atoms with van der Waals surface area (Å²) >= 11 is 0. The fourth-order valence-electron chi connectivity index (χ4n) is 2.18. The van der Waals surface area contributed by atoms with Crippen LogP contribution in [0.15, 0.2) is 60.8 Å². The zero-order valence-electron chi connectivity index (χ0n) is 12.7. The SMILES string of the molecule is CS(=O)(=O)NC(=O)c1cc(-c2ccccc2)n(-c2ccccn2)n1. The van der Waals surface area contributed by atoms with E-state index in [0.29, 0.717) is 11.5 Å². The van der Waals surface area contributed by atoms with E-state index >= 15 is 0 Å². The highest BCUT2D eigenvalue weighted by Gasteiger charge is 2.19. The first-order chi connectivity index (χ1) is 11.4. The van der Waals surface area contributed by atoms with Crippen molar-refractivity contribution in [2.24, 2.45) is 0 Å². The molecule has 2 aromatic heterocycles. The van der Waals surface area contributed by atoms with Crippen molar-refractivity contribution in [3.05, 3.63) is 66.5 Å². The predicted octanol–water partition coefficient (Wildman–Crippen LogP) is 1.62. The van der Waals surface area contributed by atoms with Crippen molar-refractivity contribution in [3.8, 4) is 17.1 Å². The summed E-state index contributed by atoms with van der Waals surface area (Å²) in [6, 6.07) is 16.2. The fourth-order valence-corrected chi connectivity index (χ4v) is 2.62. The number of amides is 1. The Morgan fingerprint density at radius 3 is 2.42 bits per heavy atom. The number of carbonyl (C=O) groups excluding carboxylic acids is 1. The zero-order chi connectivity index (χ0) is 17.2. The van der Waals surface area contributed by atoms with Crippen LogP contribution in [0, 0.1) is 0 Å². The topological polar surface area (TPSA) is 94.0 Å². The number of benzene rings is 1. The molecule has 24 heavy (non-hydrogen) atoms. The molecule has 0 bridgehead atoms. The van der Waals surface area contributed by atoms with Gasteiger partial charge < -0.3 is 0 Å². The standard InChI is InChI=1S/C16H14N4O3S/c1-24(22,23)19-16(21)13-11-14(12-7-3-2-4-8-12)20(18-13)15-9-5-6-10-17-15/h2-11H,1H3,(H,19,21). The quantitative estimate of drug-likeness (QED) is 0.777. The molecule has 0 aliphatic rings. The van der Waals surface area contributed by atoms with Crippen LogP contribution in [0.4, 0.5) is 0 Å². The van der Waals surface area contributed by atoms with Gasteiger partial charge in [0.1, 0.15) is 0 Å². The van der Waals surface area contributed by atoms with E-state index in [0.717, 1.165) is 11.8 Å². The van der Waals surface area contributed by atoms with Crippen molar-refractivity contribution in [2.75, 3.05) is 6.26 Å². The second kappa shape index (κ2) is 6.25. The molecular formula is C16H14N4O3S. The Bertz CT molecular complexity index is 910. The van der Waals surface area contributed by atoms with E-state index in [1.54, 1.807) is 24.4 Å². The summed E-state index contributed by atoms with van der Waals surface area (Å²) < 4.78 is 26.0. The third kappa shape index (κ3) is 3.49. The molecule has 3 aromatic rings. The lowest BCUT2D eigenvalue weighted by Crippen LogP contribution is -2.29. The second-order valence-corrected chi connectivity index (χ2v) is 6.83. The number of nitrogens with zero attached hydrogens (tertiary/aromatic N) is 3. The van der Waals surface area contributed by atoms with E-state index in [4.69, 9.17) is 0 Å². The van der Waals surface area contributed by atoms with Crippen molar-refractivity contribution in [1.82, 2.24) is 19.5 Å². The first-order valence-electron chi connectivity index (χ1n) is 7.03. The van der Waals surface area contributed by atoms with Gasteiger partial charge in [-0.3, -0.25) is 4.79 Å². The highest BCUT2D eigenvalue weighted by atomic mass is 32.2. The molecule has 1 N–H and O–H groups in total. The van der Waals surface area contributed by atoms with Crippen molar-refractivity contribution in [3.63, 3.8) is 0 Å². The summed E-state index contributed by atoms with van der Waals surface area (Å²) in [7, 11) is -3.67. The monoisotopic (exact) mass is 342 g/mol. The Balaban J connectivity index is 2.12. The van der Waals surface area contributed by atoms with Crippen LogP contribution in [-0.2, 0) is 10.0 Å². The molecule has 0 saturated carbocycles. The number of sulfonamides is 1. The number of hydrogen-bond donors (Lipinski definition) is 1. The molecule has 0 spiro atoms. The molecule has 3 rings (SSSR count). The van der Waals surface area contributed by atoms with Gasteiger partial charge in [0, 0.05) is 11.8 Å². The van der Waals surface area contributed by atoms with E-state index in [1.165, 1.54) is 10.7 Å². The molecular weight excluding hydrogens is 328 g/mol. The molecule has 1 aromatic carbocycles. The molecule has 122 valence electrons. The van der Waals surface area contributed by atoms with E-state index < -0.39 is 15.9 Å². The first-order valence-corrected chi connectivity index (χ1v) is 8.92. The molecule has 0 aliphatic heterocycles. The summed E-state index contributed by atoms with van der Waals surface area (Å²) in [5.41, 5.74) is 1.45. The Morgan fingerprint density at radius 1 is 1.08 bits per heavy atom. The van der Waals surface area contributed by atoms with Gasteiger partial charge in [0.2, 0.25) is 10.0 Å². The van der Waals surface area contributed by atoms with Gasteiger partial charge in [-0.25, -0.2) is 22.8 Å². The van der Waals surface area contributed by atoms with E-state index in [9.17, 15) is 13.2 Å². The third-order valence-corrected chi connectivity index (χ3v) is 3.71. The molecule has 0 radical (unpaired) electrons. The average Bonchev–Trinajstić information content (AvgIpc) is 3.00. The zero-order valence-corrected chi connectivity index (χ0v) is 13.6. The van der Waals surface area contributed by atoms with Crippen molar-refractivity contribution in [2.45, 2.75) is 0 Å². The van der Waals surface area contributed by atoms with Crippen molar-refractivity contribution >= 4 is 15.9 Å². The van der Waals surface area contributed by atoms with Gasteiger partial charge in [-0.1, -0.05) is 36.4 Å². The van der Waals surface area contributed by atoms with Crippen LogP contribution in [0.1, 0.15) is 10.5 Å². The summed E-state index contributed by atoms with van der Waals surface area (Å²) in [6.07, 6.45) is 2.53. The van der Waals surface area contributed by atoms with Gasteiger partial charge in [0.15, 0.2) is 11.5 Å². The highest BCUT2D eigenvalue weighted by Crippen LogP contribution is 2.23. The van der Waals surface area contributed by atoms with E-state index in [-0.39, 0.29) is 5.69 Å². The van der Waals surface area contributed by atoms with Crippen LogP contribution in [0.2, 0.25) is 0 Å². The van der Waals surface area contributed by atoms with Crippen molar-refractivity contribution < 1.29 is 13.2 Å². The average molecular weight is 342 g/mol. The third-order valence-electron chi connectivity index (χ3n) is 3.16. The molecule has 8 heteroatoms. The Hall–Kier alpha value is -3.00. The maximum Gasteiger partial charge on any atom is 0.285 e. The number of pyridine rings is 1. The molecule has 2 heterocycles. The van der Waals surface area contributed by atoms with Crippen LogP contribution in [0.5, 0.6) is 0 Å². The van der Waals surface area contributed by atoms with Crippen LogP contribution in [0.3, 0.4) is 0 Å². The minimum absolute atomic E-state index is 0.00932. The number of hydrogen-bond acceptors (Lipinski definition) is 5.